The van der Waals surface area contributed by atoms with Crippen LogP contribution in [0.1, 0.15) is 76.7 Å². The number of fused-ring (bicyclic) bond motifs is 1. The molecule has 0 spiro atoms. The maximum absolute atomic E-state index is 15.9. The normalized spacial score (nSPS) is 30.3. The summed E-state index contributed by atoms with van der Waals surface area (Å²) >= 11 is 0. The third-order valence-electron chi connectivity index (χ3n) is 8.76. The van der Waals surface area contributed by atoms with Crippen molar-refractivity contribution in [2.45, 2.75) is 95.3 Å². The first-order chi connectivity index (χ1) is 18.0. The molecule has 0 heterocycles. The van der Waals surface area contributed by atoms with Crippen LogP contribution in [0.5, 0.6) is 5.75 Å². The first-order valence-corrected chi connectivity index (χ1v) is 13.5. The molecule has 0 bridgehead atoms. The van der Waals surface area contributed by atoms with Crippen LogP contribution >= 0.6 is 0 Å². The molecule has 1 N–H and O–H groups in total. The van der Waals surface area contributed by atoms with Gasteiger partial charge in [-0.05, 0) is 66.5 Å². The minimum absolute atomic E-state index is 0.0260. The Morgan fingerprint density at radius 3 is 2.24 bits per heavy atom. The highest BCUT2D eigenvalue weighted by molar-refractivity contribution is 5.89. The number of alkyl halides is 5. The van der Waals surface area contributed by atoms with Gasteiger partial charge in [0.2, 0.25) is 0 Å². The van der Waals surface area contributed by atoms with Crippen molar-refractivity contribution in [1.82, 2.24) is 0 Å². The molecule has 210 valence electrons. The lowest BCUT2D eigenvalue weighted by molar-refractivity contribution is -0.275. The van der Waals surface area contributed by atoms with Crippen molar-refractivity contribution in [2.75, 3.05) is 0 Å². The third-order valence-corrected chi connectivity index (χ3v) is 8.76. The van der Waals surface area contributed by atoms with Crippen molar-refractivity contribution in [3.8, 4) is 5.75 Å². The monoisotopic (exact) mass is 544 g/mol. The summed E-state index contributed by atoms with van der Waals surface area (Å²) in [5, 5.41) is 9.87. The van der Waals surface area contributed by atoms with Gasteiger partial charge in [0.05, 0.1) is 0 Å². The quantitative estimate of drug-likeness (QED) is 0.267. The van der Waals surface area contributed by atoms with Gasteiger partial charge in [-0.2, -0.15) is 0 Å². The molecule has 2 aliphatic carbocycles. The van der Waals surface area contributed by atoms with Gasteiger partial charge >= 0.3 is 12.3 Å². The first-order valence-electron chi connectivity index (χ1n) is 13.5. The van der Waals surface area contributed by atoms with Crippen LogP contribution in [0.4, 0.5) is 26.3 Å². The van der Waals surface area contributed by atoms with Crippen molar-refractivity contribution in [1.29, 1.82) is 0 Å². The Labute approximate surface area is 218 Å². The molecule has 2 atom stereocenters. The molecule has 2 saturated carbocycles. The Hall–Kier alpha value is -2.45. The molecule has 0 aromatic heterocycles. The Morgan fingerprint density at radius 2 is 1.66 bits per heavy atom. The van der Waals surface area contributed by atoms with Crippen LogP contribution in [0.15, 0.2) is 30.3 Å². The molecule has 2 aromatic carbocycles. The predicted molar refractivity (Wildman–Crippen MR) is 132 cm³/mol. The van der Waals surface area contributed by atoms with Crippen molar-refractivity contribution < 1.29 is 41.0 Å². The van der Waals surface area contributed by atoms with Gasteiger partial charge in [-0.3, -0.25) is 4.79 Å². The highest BCUT2D eigenvalue weighted by Crippen LogP contribution is 2.50. The molecule has 0 amide bonds. The number of aliphatic carboxylic acids is 1. The summed E-state index contributed by atoms with van der Waals surface area (Å²) in [6, 6.07) is 5.18. The number of unbranched alkanes of at least 4 members (excludes halogenated alkanes) is 2. The van der Waals surface area contributed by atoms with Gasteiger partial charge < -0.3 is 9.84 Å². The minimum atomic E-state index is -5.10. The minimum Gasteiger partial charge on any atom is -0.480 e. The zero-order valence-electron chi connectivity index (χ0n) is 21.4. The van der Waals surface area contributed by atoms with Crippen molar-refractivity contribution in [2.24, 2.45) is 17.8 Å². The Kier molecular flexibility index (Phi) is 8.52. The van der Waals surface area contributed by atoms with E-state index in [-0.39, 0.29) is 41.0 Å². The molecule has 4 rings (SSSR count). The predicted octanol–water partition coefficient (Wildman–Crippen LogP) is 8.67. The van der Waals surface area contributed by atoms with Gasteiger partial charge in [-0.1, -0.05) is 63.6 Å². The summed E-state index contributed by atoms with van der Waals surface area (Å²) in [5.41, 5.74) is -2.64. The van der Waals surface area contributed by atoms with E-state index in [9.17, 15) is 27.5 Å². The van der Waals surface area contributed by atoms with E-state index in [4.69, 9.17) is 0 Å². The first kappa shape index (κ1) is 28.6. The maximum Gasteiger partial charge on any atom is 0.573 e. The fourth-order valence-corrected chi connectivity index (χ4v) is 6.70. The fourth-order valence-electron chi connectivity index (χ4n) is 6.70. The number of hydrogen-bond acceptors (Lipinski definition) is 2. The molecule has 2 fully saturated rings. The van der Waals surface area contributed by atoms with E-state index in [0.717, 1.165) is 62.4 Å². The van der Waals surface area contributed by atoms with E-state index in [1.807, 2.05) is 0 Å². The molecule has 0 saturated heterocycles. The molecule has 38 heavy (non-hydrogen) atoms. The number of hydrogen-bond donors (Lipinski definition) is 1. The smallest absolute Gasteiger partial charge is 0.480 e. The van der Waals surface area contributed by atoms with E-state index in [1.54, 1.807) is 0 Å². The van der Waals surface area contributed by atoms with E-state index in [0.29, 0.717) is 5.92 Å². The van der Waals surface area contributed by atoms with Gasteiger partial charge in [0, 0.05) is 5.39 Å². The van der Waals surface area contributed by atoms with E-state index in [2.05, 4.69) is 11.7 Å². The van der Waals surface area contributed by atoms with E-state index < -0.39 is 41.7 Å². The highest BCUT2D eigenvalue weighted by Gasteiger charge is 2.59. The summed E-state index contributed by atoms with van der Waals surface area (Å²) < 4.78 is 87.8. The Bertz CT molecular complexity index is 1110. The van der Waals surface area contributed by atoms with Gasteiger partial charge in [-0.15, -0.1) is 13.2 Å². The molecular weight excluding hydrogens is 510 g/mol. The van der Waals surface area contributed by atoms with E-state index in [1.165, 1.54) is 19.3 Å². The maximum atomic E-state index is 15.9. The lowest BCUT2D eigenvalue weighted by atomic mass is 9.60. The van der Waals surface area contributed by atoms with Gasteiger partial charge in [0.25, 0.3) is 0 Å². The number of ether oxygens (including phenoxy) is 1. The summed E-state index contributed by atoms with van der Waals surface area (Å²) in [7, 11) is 0. The molecule has 0 radical (unpaired) electrons. The molecular formula is C29H34F6O3. The zero-order valence-corrected chi connectivity index (χ0v) is 21.4. The summed E-state index contributed by atoms with van der Waals surface area (Å²) in [6.07, 6.45) is -0.705. The van der Waals surface area contributed by atoms with Crippen LogP contribution in [0.2, 0.25) is 0 Å². The number of carboxylic acid groups (broad SMARTS) is 1. The van der Waals surface area contributed by atoms with Gasteiger partial charge in [0.15, 0.2) is 17.0 Å². The molecule has 0 aliphatic heterocycles. The average molecular weight is 545 g/mol. The lowest BCUT2D eigenvalue weighted by Crippen LogP contribution is -2.56. The summed E-state index contributed by atoms with van der Waals surface area (Å²) in [6.45, 7) is 2.16. The second kappa shape index (κ2) is 11.3. The molecule has 2 aromatic rings. The summed E-state index contributed by atoms with van der Waals surface area (Å²) in [5.74, 6) is -3.45. The lowest BCUT2D eigenvalue weighted by Gasteiger charge is -2.45. The van der Waals surface area contributed by atoms with E-state index >= 15 is 8.78 Å². The Morgan fingerprint density at radius 1 is 1.00 bits per heavy atom. The number of carboxylic acids is 1. The molecule has 2 aliphatic rings. The number of halogens is 6. The molecule has 2 unspecified atom stereocenters. The molecule has 9 heteroatoms. The number of benzene rings is 2. The summed E-state index contributed by atoms with van der Waals surface area (Å²) in [4.78, 5) is 12.5. The largest absolute Gasteiger partial charge is 0.573 e. The fraction of sp³-hybridized carbons (Fsp3) is 0.621. The highest BCUT2D eigenvalue weighted by atomic mass is 19.4. The van der Waals surface area contributed by atoms with Crippen molar-refractivity contribution in [3.63, 3.8) is 0 Å². The molecule has 3 nitrogen and oxygen atoms in total. The standard InChI is InChI=1S/C29H34F6O3/c1-2-3-4-5-17-6-8-18(9-7-17)20-15-24(30)28(27(36)37,25(31)16-20)21-11-12-22-19(14-21)10-13-23(26(22)32)38-29(33,34)35/h10-14,17-18,20,24-25H,2-9,15-16H2,1H3,(H,36,37). The zero-order chi connectivity index (χ0) is 27.7. The van der Waals surface area contributed by atoms with Gasteiger partial charge in [-0.25, -0.2) is 13.2 Å². The van der Waals surface area contributed by atoms with Gasteiger partial charge in [0.1, 0.15) is 12.3 Å². The van der Waals surface area contributed by atoms with Crippen LogP contribution in [0.25, 0.3) is 10.8 Å². The van der Waals surface area contributed by atoms with Crippen LogP contribution in [-0.4, -0.2) is 29.8 Å². The third kappa shape index (κ3) is 5.62. The van der Waals surface area contributed by atoms with Crippen molar-refractivity contribution >= 4 is 16.7 Å². The number of rotatable bonds is 8. The Balaban J connectivity index is 1.55. The second-order valence-electron chi connectivity index (χ2n) is 11.0. The van der Waals surface area contributed by atoms with Crippen molar-refractivity contribution in [3.05, 3.63) is 41.7 Å². The van der Waals surface area contributed by atoms with Crippen LogP contribution in [-0.2, 0) is 10.2 Å². The average Bonchev–Trinajstić information content (AvgIpc) is 2.85. The SMILES string of the molecule is CCCCCC1CCC(C2CC(F)C(C(=O)O)(c3ccc4c(F)c(OC(F)(F)F)ccc4c3)C(F)C2)CC1. The van der Waals surface area contributed by atoms with Crippen LogP contribution in [0, 0.1) is 23.6 Å². The van der Waals surface area contributed by atoms with Crippen LogP contribution in [0.3, 0.4) is 0 Å². The van der Waals surface area contributed by atoms with Crippen LogP contribution < -0.4 is 4.74 Å². The topological polar surface area (TPSA) is 46.5 Å². The second-order valence-corrected chi connectivity index (χ2v) is 11.0. The number of carbonyl (C=O) groups is 1.